The van der Waals surface area contributed by atoms with Crippen LogP contribution in [-0.4, -0.2) is 12.0 Å². The van der Waals surface area contributed by atoms with Crippen LogP contribution in [0.15, 0.2) is 38.5 Å². The quantitative estimate of drug-likeness (QED) is 0.737. The number of rotatable bonds is 3. The molecule has 0 atom stereocenters. The number of nitrogens with zero attached hydrogens (tertiary/aromatic N) is 2. The van der Waals surface area contributed by atoms with Crippen LogP contribution in [-0.2, 0) is 6.54 Å². The highest BCUT2D eigenvalue weighted by Gasteiger charge is 2.13. The molecule has 0 aliphatic heterocycles. The fourth-order valence-corrected chi connectivity index (χ4v) is 3.36. The summed E-state index contributed by atoms with van der Waals surface area (Å²) >= 11 is 5.15. The fourth-order valence-electron chi connectivity index (χ4n) is 1.86. The third-order valence-corrected chi connectivity index (χ3v) is 4.46. The smallest absolute Gasteiger partial charge is 0.298 e. The monoisotopic (exact) mass is 337 g/mol. The summed E-state index contributed by atoms with van der Waals surface area (Å²) in [4.78, 5) is 7.65. The molecule has 0 aliphatic carbocycles. The molecular formula is C13H12BrN3OS. The number of anilines is 2. The Hall–Kier alpha value is -1.53. The van der Waals surface area contributed by atoms with Gasteiger partial charge in [-0.1, -0.05) is 6.07 Å². The van der Waals surface area contributed by atoms with Gasteiger partial charge in [0.15, 0.2) is 5.58 Å². The average molecular weight is 338 g/mol. The number of aromatic nitrogens is 1. The molecule has 0 bridgehead atoms. The highest BCUT2D eigenvalue weighted by atomic mass is 79.9. The van der Waals surface area contributed by atoms with Crippen LogP contribution in [0.3, 0.4) is 0 Å². The Morgan fingerprint density at radius 2 is 2.32 bits per heavy atom. The van der Waals surface area contributed by atoms with Crippen molar-refractivity contribution < 1.29 is 4.42 Å². The Bertz CT molecular complexity index is 722. The molecule has 0 saturated heterocycles. The summed E-state index contributed by atoms with van der Waals surface area (Å²) in [6, 6.07) is 8.24. The van der Waals surface area contributed by atoms with Crippen LogP contribution in [0, 0.1) is 0 Å². The summed E-state index contributed by atoms with van der Waals surface area (Å²) in [5.74, 6) is 0. The SMILES string of the molecule is CN(Cc1cc(Br)cs1)c1nc2c(N)cccc2o1. The van der Waals surface area contributed by atoms with Gasteiger partial charge in [-0.05, 0) is 34.1 Å². The highest BCUT2D eigenvalue weighted by Crippen LogP contribution is 2.27. The molecule has 0 unspecified atom stereocenters. The van der Waals surface area contributed by atoms with E-state index in [9.17, 15) is 0 Å². The van der Waals surface area contributed by atoms with E-state index in [1.807, 2.05) is 30.1 Å². The van der Waals surface area contributed by atoms with Crippen molar-refractivity contribution in [3.8, 4) is 0 Å². The van der Waals surface area contributed by atoms with Gasteiger partial charge in [0, 0.05) is 21.8 Å². The first-order chi connectivity index (χ1) is 9.13. The number of para-hydroxylation sites is 1. The maximum absolute atomic E-state index is 5.88. The van der Waals surface area contributed by atoms with Crippen molar-refractivity contribution in [2.45, 2.75) is 6.54 Å². The van der Waals surface area contributed by atoms with Crippen LogP contribution in [0.1, 0.15) is 4.88 Å². The zero-order valence-corrected chi connectivity index (χ0v) is 12.7. The highest BCUT2D eigenvalue weighted by molar-refractivity contribution is 9.10. The summed E-state index contributed by atoms with van der Waals surface area (Å²) < 4.78 is 6.82. The molecule has 3 aromatic rings. The van der Waals surface area contributed by atoms with Crippen LogP contribution < -0.4 is 10.6 Å². The minimum absolute atomic E-state index is 0.581. The maximum Gasteiger partial charge on any atom is 0.298 e. The lowest BCUT2D eigenvalue weighted by atomic mass is 10.3. The fraction of sp³-hybridized carbons (Fsp3) is 0.154. The van der Waals surface area contributed by atoms with E-state index in [0.29, 0.717) is 17.3 Å². The average Bonchev–Trinajstić information content (AvgIpc) is 2.96. The Labute approximate surface area is 123 Å². The Kier molecular flexibility index (Phi) is 3.20. The van der Waals surface area contributed by atoms with Gasteiger partial charge in [0.1, 0.15) is 5.52 Å². The van der Waals surface area contributed by atoms with Crippen molar-refractivity contribution in [3.63, 3.8) is 0 Å². The molecule has 4 nitrogen and oxygen atoms in total. The topological polar surface area (TPSA) is 55.3 Å². The largest absolute Gasteiger partial charge is 0.423 e. The van der Waals surface area contributed by atoms with E-state index in [-0.39, 0.29) is 0 Å². The van der Waals surface area contributed by atoms with Gasteiger partial charge in [0.2, 0.25) is 0 Å². The van der Waals surface area contributed by atoms with E-state index in [2.05, 4.69) is 32.4 Å². The first kappa shape index (κ1) is 12.5. The molecule has 1 aromatic carbocycles. The van der Waals surface area contributed by atoms with Gasteiger partial charge in [-0.25, -0.2) is 0 Å². The number of halogens is 1. The second-order valence-electron chi connectivity index (χ2n) is 4.28. The van der Waals surface area contributed by atoms with Crippen LogP contribution in [0.5, 0.6) is 0 Å². The lowest BCUT2D eigenvalue weighted by molar-refractivity contribution is 0.583. The second-order valence-corrected chi connectivity index (χ2v) is 6.19. The van der Waals surface area contributed by atoms with Crippen LogP contribution in [0.2, 0.25) is 0 Å². The van der Waals surface area contributed by atoms with Crippen molar-refractivity contribution in [3.05, 3.63) is 39.0 Å². The van der Waals surface area contributed by atoms with Crippen molar-refractivity contribution in [2.75, 3.05) is 17.7 Å². The molecule has 0 saturated carbocycles. The van der Waals surface area contributed by atoms with Crippen LogP contribution in [0.4, 0.5) is 11.7 Å². The van der Waals surface area contributed by atoms with Crippen molar-refractivity contribution in [2.24, 2.45) is 0 Å². The molecule has 3 rings (SSSR count). The number of benzene rings is 1. The summed E-state index contributed by atoms with van der Waals surface area (Å²) in [7, 11) is 1.95. The minimum Gasteiger partial charge on any atom is -0.423 e. The molecule has 0 fully saturated rings. The van der Waals surface area contributed by atoms with E-state index >= 15 is 0 Å². The van der Waals surface area contributed by atoms with Crippen LogP contribution in [0.25, 0.3) is 11.1 Å². The molecule has 2 N–H and O–H groups in total. The van der Waals surface area contributed by atoms with Gasteiger partial charge < -0.3 is 15.1 Å². The first-order valence-corrected chi connectivity index (χ1v) is 7.40. The number of hydrogen-bond acceptors (Lipinski definition) is 5. The number of oxazole rings is 1. The molecule has 19 heavy (non-hydrogen) atoms. The lowest BCUT2D eigenvalue weighted by Crippen LogP contribution is -2.15. The van der Waals surface area contributed by atoms with Crippen molar-refractivity contribution in [1.82, 2.24) is 4.98 Å². The van der Waals surface area contributed by atoms with E-state index in [0.717, 1.165) is 16.5 Å². The minimum atomic E-state index is 0.581. The molecule has 0 radical (unpaired) electrons. The first-order valence-electron chi connectivity index (χ1n) is 5.72. The van der Waals surface area contributed by atoms with Crippen LogP contribution >= 0.6 is 27.3 Å². The normalized spacial score (nSPS) is 11.1. The standard InChI is InChI=1S/C13H12BrN3OS/c1-17(6-9-5-8(14)7-19-9)13-16-12-10(15)3-2-4-11(12)18-13/h2-5,7H,6,15H2,1H3. The zero-order chi connectivity index (χ0) is 13.4. The van der Waals surface area contributed by atoms with Gasteiger partial charge in [0.25, 0.3) is 6.01 Å². The lowest BCUT2D eigenvalue weighted by Gasteiger charge is -2.12. The number of nitrogens with two attached hydrogens (primary N) is 1. The molecule has 2 aromatic heterocycles. The van der Waals surface area contributed by atoms with Crippen molar-refractivity contribution >= 4 is 50.1 Å². The third-order valence-electron chi connectivity index (χ3n) is 2.78. The molecule has 0 spiro atoms. The summed E-state index contributed by atoms with van der Waals surface area (Å²) in [5, 5.41) is 2.06. The zero-order valence-electron chi connectivity index (χ0n) is 10.3. The molecule has 0 aliphatic rings. The molecular weight excluding hydrogens is 326 g/mol. The summed E-state index contributed by atoms with van der Waals surface area (Å²) in [6.45, 7) is 0.753. The molecule has 0 amide bonds. The summed E-state index contributed by atoms with van der Waals surface area (Å²) in [5.41, 5.74) is 7.96. The third kappa shape index (κ3) is 2.46. The maximum atomic E-state index is 5.88. The van der Waals surface area contributed by atoms with E-state index in [1.165, 1.54) is 4.88 Å². The van der Waals surface area contributed by atoms with Gasteiger partial charge in [-0.2, -0.15) is 4.98 Å². The molecule has 6 heteroatoms. The van der Waals surface area contributed by atoms with Gasteiger partial charge in [-0.3, -0.25) is 0 Å². The summed E-state index contributed by atoms with van der Waals surface area (Å²) in [6.07, 6.45) is 0. The van der Waals surface area contributed by atoms with E-state index in [1.54, 1.807) is 11.3 Å². The van der Waals surface area contributed by atoms with E-state index < -0.39 is 0 Å². The second kappa shape index (κ2) is 4.86. The number of fused-ring (bicyclic) bond motifs is 1. The van der Waals surface area contributed by atoms with Crippen molar-refractivity contribution in [1.29, 1.82) is 0 Å². The van der Waals surface area contributed by atoms with Gasteiger partial charge in [-0.15, -0.1) is 11.3 Å². The molecule has 2 heterocycles. The number of hydrogen-bond donors (Lipinski definition) is 1. The number of nitrogen functional groups attached to an aromatic ring is 1. The number of thiophene rings is 1. The predicted molar refractivity (Wildman–Crippen MR) is 82.5 cm³/mol. The molecule has 98 valence electrons. The Morgan fingerprint density at radius 1 is 1.47 bits per heavy atom. The van der Waals surface area contributed by atoms with Gasteiger partial charge in [0.05, 0.1) is 12.2 Å². The van der Waals surface area contributed by atoms with Gasteiger partial charge >= 0.3 is 0 Å². The predicted octanol–water partition coefficient (Wildman–Crippen LogP) is 3.87. The Balaban J connectivity index is 1.89. The Morgan fingerprint density at radius 3 is 3.00 bits per heavy atom. The van der Waals surface area contributed by atoms with E-state index in [4.69, 9.17) is 10.2 Å².